The molecule has 2 nitrogen and oxygen atoms in total. The Labute approximate surface area is 109 Å². The average Bonchev–Trinajstić information content (AvgIpc) is 2.41. The Hall–Kier alpha value is -0.790. The van der Waals surface area contributed by atoms with Gasteiger partial charge in [0, 0.05) is 12.6 Å². The molecule has 1 amide bonds. The van der Waals surface area contributed by atoms with Crippen LogP contribution in [0, 0.1) is 23.7 Å². The molecule has 0 aromatic rings. The smallest absolute Gasteiger partial charge is 0.246 e. The zero-order valence-corrected chi connectivity index (χ0v) is 11.1. The van der Waals surface area contributed by atoms with Gasteiger partial charge in [-0.2, -0.15) is 0 Å². The normalized spacial score (nSPS) is 46.6. The fourth-order valence-corrected chi connectivity index (χ4v) is 5.50. The van der Waals surface area contributed by atoms with Crippen molar-refractivity contribution in [1.29, 1.82) is 0 Å². The summed E-state index contributed by atoms with van der Waals surface area (Å²) >= 11 is 0. The Kier molecular flexibility index (Phi) is 2.53. The van der Waals surface area contributed by atoms with E-state index in [2.05, 4.69) is 11.0 Å². The highest BCUT2D eigenvalue weighted by Crippen LogP contribution is 2.52. The van der Waals surface area contributed by atoms with Gasteiger partial charge in [-0.15, -0.1) is 0 Å². The average molecular weight is 245 g/mol. The Morgan fingerprint density at radius 1 is 1.06 bits per heavy atom. The van der Waals surface area contributed by atoms with E-state index in [-0.39, 0.29) is 5.91 Å². The van der Waals surface area contributed by atoms with E-state index in [1.54, 1.807) is 6.08 Å². The van der Waals surface area contributed by atoms with E-state index in [1.165, 1.54) is 38.5 Å². The second-order valence-corrected chi connectivity index (χ2v) is 6.82. The van der Waals surface area contributed by atoms with Gasteiger partial charge in [0.25, 0.3) is 0 Å². The third-order valence-corrected chi connectivity index (χ3v) is 6.09. The zero-order chi connectivity index (χ0) is 12.1. The van der Waals surface area contributed by atoms with E-state index in [0.717, 1.165) is 36.6 Å². The van der Waals surface area contributed by atoms with Gasteiger partial charge >= 0.3 is 0 Å². The second kappa shape index (κ2) is 4.11. The van der Waals surface area contributed by atoms with Crippen LogP contribution in [0.4, 0.5) is 0 Å². The van der Waals surface area contributed by atoms with Crippen molar-refractivity contribution in [3.8, 4) is 0 Å². The van der Waals surface area contributed by atoms with Gasteiger partial charge in [0.2, 0.25) is 5.91 Å². The lowest BCUT2D eigenvalue weighted by Gasteiger charge is -2.56. The van der Waals surface area contributed by atoms with E-state index >= 15 is 0 Å². The molecule has 18 heavy (non-hydrogen) atoms. The minimum Gasteiger partial charge on any atom is -0.335 e. The summed E-state index contributed by atoms with van der Waals surface area (Å²) in [5, 5.41) is 0. The zero-order valence-electron chi connectivity index (χ0n) is 11.1. The molecule has 4 rings (SSSR count). The van der Waals surface area contributed by atoms with Gasteiger partial charge in [-0.3, -0.25) is 4.79 Å². The van der Waals surface area contributed by atoms with E-state index < -0.39 is 0 Å². The highest BCUT2D eigenvalue weighted by molar-refractivity contribution is 5.88. The number of amides is 1. The summed E-state index contributed by atoms with van der Waals surface area (Å²) in [6.45, 7) is 1.06. The van der Waals surface area contributed by atoms with Gasteiger partial charge in [0.15, 0.2) is 0 Å². The largest absolute Gasteiger partial charge is 0.335 e. The van der Waals surface area contributed by atoms with Gasteiger partial charge in [-0.1, -0.05) is 31.8 Å². The fraction of sp³-hybridized carbons (Fsp3) is 0.812. The first kappa shape index (κ1) is 11.1. The lowest BCUT2D eigenvalue weighted by molar-refractivity contribution is -0.141. The van der Waals surface area contributed by atoms with Crippen molar-refractivity contribution in [2.24, 2.45) is 23.7 Å². The summed E-state index contributed by atoms with van der Waals surface area (Å²) in [7, 11) is 0. The molecule has 0 N–H and O–H groups in total. The van der Waals surface area contributed by atoms with Gasteiger partial charge in [0.1, 0.15) is 0 Å². The van der Waals surface area contributed by atoms with Crippen LogP contribution in [0.1, 0.15) is 44.9 Å². The Morgan fingerprint density at radius 3 is 2.72 bits per heavy atom. The Morgan fingerprint density at radius 2 is 1.83 bits per heavy atom. The summed E-state index contributed by atoms with van der Waals surface area (Å²) in [6, 6.07) is 0.546. The molecule has 2 heterocycles. The molecule has 0 aromatic carbocycles. The lowest BCUT2D eigenvalue weighted by atomic mass is 9.56. The monoisotopic (exact) mass is 245 g/mol. The fourth-order valence-electron chi connectivity index (χ4n) is 5.50. The topological polar surface area (TPSA) is 20.3 Å². The van der Waals surface area contributed by atoms with Crippen molar-refractivity contribution in [1.82, 2.24) is 4.90 Å². The van der Waals surface area contributed by atoms with E-state index in [4.69, 9.17) is 0 Å². The standard InChI is InChI=1S/C16H23NO/c18-15-9-3-8-14-13-7-2-5-11-4-1-6-12(16(11)13)10-17(14)15/h3,9,11-14,16H,1-2,4-8,10H2/t11-,12-,13+,14+,16-/m0/s1. The second-order valence-electron chi connectivity index (χ2n) is 6.82. The van der Waals surface area contributed by atoms with Crippen LogP contribution >= 0.6 is 0 Å². The highest BCUT2D eigenvalue weighted by Gasteiger charge is 2.50. The molecule has 1 saturated heterocycles. The quantitative estimate of drug-likeness (QED) is 0.642. The molecular formula is C16H23NO. The maximum atomic E-state index is 12.1. The number of piperidine rings is 1. The van der Waals surface area contributed by atoms with Crippen LogP contribution < -0.4 is 0 Å². The minimum absolute atomic E-state index is 0.289. The van der Waals surface area contributed by atoms with Crippen molar-refractivity contribution in [3.63, 3.8) is 0 Å². The first-order valence-corrected chi connectivity index (χ1v) is 7.82. The van der Waals surface area contributed by atoms with Crippen LogP contribution in [0.2, 0.25) is 0 Å². The molecule has 0 aromatic heterocycles. The number of rotatable bonds is 0. The highest BCUT2D eigenvalue weighted by atomic mass is 16.2. The van der Waals surface area contributed by atoms with Crippen molar-refractivity contribution >= 4 is 5.91 Å². The maximum Gasteiger partial charge on any atom is 0.246 e. The maximum absolute atomic E-state index is 12.1. The molecule has 0 spiro atoms. The van der Waals surface area contributed by atoms with Crippen LogP contribution in [-0.2, 0) is 4.79 Å². The summed E-state index contributed by atoms with van der Waals surface area (Å²) in [5.41, 5.74) is 0. The molecule has 3 fully saturated rings. The van der Waals surface area contributed by atoms with Crippen LogP contribution in [0.3, 0.4) is 0 Å². The third-order valence-electron chi connectivity index (χ3n) is 6.09. The van der Waals surface area contributed by atoms with Crippen molar-refractivity contribution < 1.29 is 4.79 Å². The number of carbonyl (C=O) groups excluding carboxylic acids is 1. The molecule has 0 radical (unpaired) electrons. The van der Waals surface area contributed by atoms with Gasteiger partial charge < -0.3 is 4.90 Å². The van der Waals surface area contributed by atoms with Crippen molar-refractivity contribution in [2.45, 2.75) is 51.0 Å². The molecule has 0 unspecified atom stereocenters. The number of fused-ring (bicyclic) bond motifs is 2. The van der Waals surface area contributed by atoms with Gasteiger partial charge in [-0.25, -0.2) is 0 Å². The predicted molar refractivity (Wildman–Crippen MR) is 70.9 cm³/mol. The molecule has 2 saturated carbocycles. The van der Waals surface area contributed by atoms with Crippen molar-refractivity contribution in [2.75, 3.05) is 6.54 Å². The number of nitrogens with zero attached hydrogens (tertiary/aromatic N) is 1. The third kappa shape index (κ3) is 1.50. The van der Waals surface area contributed by atoms with E-state index in [9.17, 15) is 4.79 Å². The van der Waals surface area contributed by atoms with Gasteiger partial charge in [0.05, 0.1) is 0 Å². The van der Waals surface area contributed by atoms with Crippen LogP contribution in [-0.4, -0.2) is 23.4 Å². The Balaban J connectivity index is 1.68. The number of carbonyl (C=O) groups is 1. The summed E-state index contributed by atoms with van der Waals surface area (Å²) in [6.07, 6.45) is 13.5. The van der Waals surface area contributed by atoms with Crippen LogP contribution in [0.25, 0.3) is 0 Å². The molecule has 98 valence electrons. The first-order valence-electron chi connectivity index (χ1n) is 7.82. The molecule has 2 aliphatic carbocycles. The van der Waals surface area contributed by atoms with Gasteiger partial charge in [-0.05, 0) is 49.0 Å². The lowest BCUT2D eigenvalue weighted by Crippen LogP contribution is -2.59. The Bertz CT molecular complexity index is 387. The molecule has 4 aliphatic rings. The number of hydrogen-bond donors (Lipinski definition) is 0. The summed E-state index contributed by atoms with van der Waals surface area (Å²) in [4.78, 5) is 14.3. The van der Waals surface area contributed by atoms with Crippen LogP contribution in [0.15, 0.2) is 12.2 Å². The molecule has 2 aliphatic heterocycles. The minimum atomic E-state index is 0.289. The summed E-state index contributed by atoms with van der Waals surface area (Å²) in [5.74, 6) is 3.87. The molecule has 0 bridgehead atoms. The predicted octanol–water partition coefficient (Wildman–Crippen LogP) is 2.99. The molecule has 2 heteroatoms. The van der Waals surface area contributed by atoms with Crippen LogP contribution in [0.5, 0.6) is 0 Å². The number of hydrogen-bond acceptors (Lipinski definition) is 1. The van der Waals surface area contributed by atoms with E-state index in [1.807, 2.05) is 0 Å². The SMILES string of the molecule is O=C1C=CC[C@@H]2[C@H]3CCC[C@@H]4CCC[C@@H](CN12)[C@H]43. The molecular weight excluding hydrogens is 222 g/mol. The van der Waals surface area contributed by atoms with Crippen molar-refractivity contribution in [3.05, 3.63) is 12.2 Å². The summed E-state index contributed by atoms with van der Waals surface area (Å²) < 4.78 is 0. The van der Waals surface area contributed by atoms with E-state index in [0.29, 0.717) is 6.04 Å². The first-order chi connectivity index (χ1) is 8.84. The molecule has 5 atom stereocenters.